The first kappa shape index (κ1) is 18.7. The highest BCUT2D eigenvalue weighted by atomic mass is 19.4. The third-order valence-corrected chi connectivity index (χ3v) is 4.01. The van der Waals surface area contributed by atoms with Crippen LogP contribution >= 0.6 is 0 Å². The highest BCUT2D eigenvalue weighted by molar-refractivity contribution is 5.58. The number of ether oxygens (including phenoxy) is 1. The molecule has 2 aromatic carbocycles. The van der Waals surface area contributed by atoms with Crippen molar-refractivity contribution in [1.82, 2.24) is 9.97 Å². The number of anilines is 2. The Balaban J connectivity index is 2.00. The van der Waals surface area contributed by atoms with Crippen LogP contribution in [0, 0.1) is 0 Å². The number of alkyl halides is 3. The summed E-state index contributed by atoms with van der Waals surface area (Å²) >= 11 is 0. The Morgan fingerprint density at radius 3 is 2.44 bits per heavy atom. The zero-order chi connectivity index (χ0) is 19.4. The van der Waals surface area contributed by atoms with Gasteiger partial charge in [0, 0.05) is 18.9 Å². The summed E-state index contributed by atoms with van der Waals surface area (Å²) in [5.74, 6) is -0.150. The SMILES string of the molecule is CCc1cccc(N(C)c2ncc(C(F)(F)F)c(Oc3ccccc3)n2)c1. The Hall–Kier alpha value is -3.09. The van der Waals surface area contributed by atoms with Crippen LogP contribution in [0.2, 0.25) is 0 Å². The first-order chi connectivity index (χ1) is 12.9. The molecule has 0 aliphatic rings. The number of nitrogens with zero attached hydrogens (tertiary/aromatic N) is 3. The predicted octanol–water partition coefficient (Wildman–Crippen LogP) is 5.62. The Morgan fingerprint density at radius 1 is 1.04 bits per heavy atom. The number of hydrogen-bond acceptors (Lipinski definition) is 4. The van der Waals surface area contributed by atoms with Gasteiger partial charge in [0.05, 0.1) is 0 Å². The molecule has 0 amide bonds. The van der Waals surface area contributed by atoms with Gasteiger partial charge in [-0.1, -0.05) is 37.3 Å². The number of hydrogen-bond donors (Lipinski definition) is 0. The third-order valence-electron chi connectivity index (χ3n) is 4.01. The van der Waals surface area contributed by atoms with E-state index in [9.17, 15) is 13.2 Å². The Bertz CT molecular complexity index is 914. The van der Waals surface area contributed by atoms with Gasteiger partial charge in [0.15, 0.2) is 0 Å². The van der Waals surface area contributed by atoms with E-state index >= 15 is 0 Å². The first-order valence-electron chi connectivity index (χ1n) is 8.38. The Labute approximate surface area is 155 Å². The van der Waals surface area contributed by atoms with Crippen molar-refractivity contribution >= 4 is 11.6 Å². The monoisotopic (exact) mass is 373 g/mol. The largest absolute Gasteiger partial charge is 0.438 e. The van der Waals surface area contributed by atoms with E-state index in [0.29, 0.717) is 0 Å². The number of rotatable bonds is 5. The van der Waals surface area contributed by atoms with Crippen molar-refractivity contribution in [3.63, 3.8) is 0 Å². The van der Waals surface area contributed by atoms with Crippen molar-refractivity contribution in [2.45, 2.75) is 19.5 Å². The fourth-order valence-corrected chi connectivity index (χ4v) is 2.49. The van der Waals surface area contributed by atoms with Crippen molar-refractivity contribution in [2.24, 2.45) is 0 Å². The number of halogens is 3. The number of aromatic nitrogens is 2. The van der Waals surface area contributed by atoms with Gasteiger partial charge in [-0.2, -0.15) is 18.2 Å². The summed E-state index contributed by atoms with van der Waals surface area (Å²) in [6, 6.07) is 15.9. The molecule has 0 aliphatic carbocycles. The van der Waals surface area contributed by atoms with Crippen LogP contribution in [0.1, 0.15) is 18.1 Å². The van der Waals surface area contributed by atoms with Crippen LogP contribution in [0.5, 0.6) is 11.6 Å². The van der Waals surface area contributed by atoms with Gasteiger partial charge in [0.25, 0.3) is 0 Å². The summed E-state index contributed by atoms with van der Waals surface area (Å²) in [6.45, 7) is 2.03. The fraction of sp³-hybridized carbons (Fsp3) is 0.200. The van der Waals surface area contributed by atoms with Gasteiger partial charge < -0.3 is 9.64 Å². The van der Waals surface area contributed by atoms with E-state index in [0.717, 1.165) is 23.9 Å². The lowest BCUT2D eigenvalue weighted by molar-refractivity contribution is -0.139. The van der Waals surface area contributed by atoms with Crippen molar-refractivity contribution in [1.29, 1.82) is 0 Å². The lowest BCUT2D eigenvalue weighted by atomic mass is 10.1. The Kier molecular flexibility index (Phi) is 5.30. The predicted molar refractivity (Wildman–Crippen MR) is 97.4 cm³/mol. The second kappa shape index (κ2) is 7.65. The number of aryl methyl sites for hydroxylation is 1. The molecule has 0 saturated carbocycles. The van der Waals surface area contributed by atoms with Gasteiger partial charge >= 0.3 is 6.18 Å². The van der Waals surface area contributed by atoms with E-state index in [-0.39, 0.29) is 11.7 Å². The van der Waals surface area contributed by atoms with Gasteiger partial charge in [0.1, 0.15) is 11.3 Å². The number of para-hydroxylation sites is 1. The van der Waals surface area contributed by atoms with Gasteiger partial charge in [0.2, 0.25) is 11.8 Å². The average Bonchev–Trinajstić information content (AvgIpc) is 2.67. The molecule has 1 aromatic heterocycles. The van der Waals surface area contributed by atoms with E-state index in [1.807, 2.05) is 31.2 Å². The zero-order valence-corrected chi connectivity index (χ0v) is 14.9. The van der Waals surface area contributed by atoms with E-state index < -0.39 is 17.6 Å². The minimum atomic E-state index is -4.62. The van der Waals surface area contributed by atoms with Gasteiger partial charge in [-0.05, 0) is 36.2 Å². The molecular formula is C20H18F3N3O. The van der Waals surface area contributed by atoms with Crippen LogP contribution in [-0.2, 0) is 12.6 Å². The lowest BCUT2D eigenvalue weighted by Gasteiger charge is -2.20. The minimum absolute atomic E-state index is 0.113. The molecule has 0 N–H and O–H groups in total. The van der Waals surface area contributed by atoms with Crippen LogP contribution in [-0.4, -0.2) is 17.0 Å². The highest BCUT2D eigenvalue weighted by Gasteiger charge is 2.36. The van der Waals surface area contributed by atoms with Crippen LogP contribution < -0.4 is 9.64 Å². The normalized spacial score (nSPS) is 11.3. The maximum Gasteiger partial charge on any atom is 0.423 e. The molecule has 0 saturated heterocycles. The van der Waals surface area contributed by atoms with Crippen molar-refractivity contribution in [3.8, 4) is 11.6 Å². The summed E-state index contributed by atoms with van der Waals surface area (Å²) in [5, 5.41) is 0. The summed E-state index contributed by atoms with van der Waals surface area (Å²) in [7, 11) is 1.70. The van der Waals surface area contributed by atoms with E-state index in [1.165, 1.54) is 0 Å². The highest BCUT2D eigenvalue weighted by Crippen LogP contribution is 2.37. The van der Waals surface area contributed by atoms with Crippen molar-refractivity contribution in [3.05, 3.63) is 71.9 Å². The van der Waals surface area contributed by atoms with Gasteiger partial charge in [-0.15, -0.1) is 0 Å². The quantitative estimate of drug-likeness (QED) is 0.582. The molecule has 0 fully saturated rings. The van der Waals surface area contributed by atoms with E-state index in [1.54, 1.807) is 42.3 Å². The van der Waals surface area contributed by atoms with Crippen LogP contribution in [0.25, 0.3) is 0 Å². The zero-order valence-electron chi connectivity index (χ0n) is 14.9. The molecule has 0 unspecified atom stereocenters. The van der Waals surface area contributed by atoms with E-state index in [2.05, 4.69) is 9.97 Å². The van der Waals surface area contributed by atoms with Crippen LogP contribution in [0.3, 0.4) is 0 Å². The molecule has 0 spiro atoms. The molecule has 1 heterocycles. The maximum absolute atomic E-state index is 13.3. The molecule has 3 rings (SSSR count). The second-order valence-corrected chi connectivity index (χ2v) is 5.88. The molecule has 140 valence electrons. The molecule has 0 bridgehead atoms. The Morgan fingerprint density at radius 2 is 1.78 bits per heavy atom. The van der Waals surface area contributed by atoms with Gasteiger partial charge in [-0.25, -0.2) is 4.98 Å². The lowest BCUT2D eigenvalue weighted by Crippen LogP contribution is -2.16. The minimum Gasteiger partial charge on any atom is -0.438 e. The molecule has 3 aromatic rings. The molecule has 4 nitrogen and oxygen atoms in total. The second-order valence-electron chi connectivity index (χ2n) is 5.88. The molecule has 0 aliphatic heterocycles. The first-order valence-corrected chi connectivity index (χ1v) is 8.38. The summed E-state index contributed by atoms with van der Waals surface area (Å²) in [4.78, 5) is 9.56. The average molecular weight is 373 g/mol. The molecule has 7 heteroatoms. The molecule has 0 atom stereocenters. The third kappa shape index (κ3) is 4.36. The summed E-state index contributed by atoms with van der Waals surface area (Å²) < 4.78 is 45.4. The fourth-order valence-electron chi connectivity index (χ4n) is 2.49. The van der Waals surface area contributed by atoms with Crippen molar-refractivity contribution < 1.29 is 17.9 Å². The number of benzene rings is 2. The van der Waals surface area contributed by atoms with Crippen LogP contribution in [0.4, 0.5) is 24.8 Å². The van der Waals surface area contributed by atoms with Crippen LogP contribution in [0.15, 0.2) is 60.8 Å². The summed E-state index contributed by atoms with van der Waals surface area (Å²) in [6.07, 6.45) is -3.03. The van der Waals surface area contributed by atoms with Gasteiger partial charge in [-0.3, -0.25) is 0 Å². The summed E-state index contributed by atoms with van der Waals surface area (Å²) in [5.41, 5.74) is 0.859. The topological polar surface area (TPSA) is 38.2 Å². The molecule has 27 heavy (non-hydrogen) atoms. The maximum atomic E-state index is 13.3. The molecule has 0 radical (unpaired) electrons. The standard InChI is InChI=1S/C20H18F3N3O/c1-3-14-8-7-9-15(12-14)26(2)19-24-13-17(20(21,22)23)18(25-19)27-16-10-5-4-6-11-16/h4-13H,3H2,1-2H3. The van der Waals surface area contributed by atoms with Crippen molar-refractivity contribution in [2.75, 3.05) is 11.9 Å². The van der Waals surface area contributed by atoms with E-state index in [4.69, 9.17) is 4.74 Å². The smallest absolute Gasteiger partial charge is 0.423 e. The molecular weight excluding hydrogens is 355 g/mol.